The Bertz CT molecular complexity index is 1220. The molecule has 0 saturated carbocycles. The fourth-order valence-corrected chi connectivity index (χ4v) is 4.69. The second-order valence-electron chi connectivity index (χ2n) is 9.09. The van der Waals surface area contributed by atoms with Gasteiger partial charge in [-0.25, -0.2) is 0 Å². The third kappa shape index (κ3) is 3.19. The van der Waals surface area contributed by atoms with Crippen molar-refractivity contribution in [1.29, 1.82) is 0 Å². The third-order valence-electron chi connectivity index (χ3n) is 6.49. The number of nitrogens with zero attached hydrogens (tertiary/aromatic N) is 1. The molecule has 1 N–H and O–H groups in total. The summed E-state index contributed by atoms with van der Waals surface area (Å²) in [6.45, 7) is 8.71. The molecule has 0 amide bonds. The van der Waals surface area contributed by atoms with Crippen molar-refractivity contribution in [3.05, 3.63) is 107 Å². The summed E-state index contributed by atoms with van der Waals surface area (Å²) in [7, 11) is 0. The Morgan fingerprint density at radius 2 is 1.03 bits per heavy atom. The number of aryl methyl sites for hydroxylation is 2. The lowest BCUT2D eigenvalue weighted by molar-refractivity contribution is 0.473. The molecule has 5 rings (SSSR count). The highest BCUT2D eigenvalue weighted by molar-refractivity contribution is 5.85. The fraction of sp³-hybridized carbons (Fsp3) is 0.172. The van der Waals surface area contributed by atoms with Crippen LogP contribution in [0.1, 0.15) is 36.1 Å². The molecule has 1 aliphatic rings. The van der Waals surface area contributed by atoms with E-state index in [1.165, 1.54) is 33.4 Å². The van der Waals surface area contributed by atoms with E-state index < -0.39 is 0 Å². The number of aromatic hydroxyl groups is 1. The number of phenolic OH excluding ortho intramolecular Hbond substituents is 1. The van der Waals surface area contributed by atoms with Gasteiger partial charge in [-0.2, -0.15) is 0 Å². The molecule has 0 unspecified atom stereocenters. The molecule has 154 valence electrons. The van der Waals surface area contributed by atoms with Crippen LogP contribution in [0, 0.1) is 13.8 Å². The summed E-state index contributed by atoms with van der Waals surface area (Å²) in [5, 5.41) is 10.1. The van der Waals surface area contributed by atoms with Gasteiger partial charge in [-0.1, -0.05) is 61.4 Å². The van der Waals surface area contributed by atoms with Crippen LogP contribution in [0.2, 0.25) is 0 Å². The Kier molecular flexibility index (Phi) is 4.40. The van der Waals surface area contributed by atoms with E-state index in [1.807, 2.05) is 12.1 Å². The van der Waals surface area contributed by atoms with Crippen molar-refractivity contribution in [3.63, 3.8) is 0 Å². The van der Waals surface area contributed by atoms with E-state index >= 15 is 0 Å². The van der Waals surface area contributed by atoms with E-state index in [9.17, 15) is 5.11 Å². The molecule has 0 heterocycles. The Morgan fingerprint density at radius 3 is 1.58 bits per heavy atom. The number of benzene rings is 4. The van der Waals surface area contributed by atoms with Gasteiger partial charge in [-0.15, -0.1) is 0 Å². The van der Waals surface area contributed by atoms with Gasteiger partial charge in [0.15, 0.2) is 0 Å². The molecule has 0 radical (unpaired) electrons. The van der Waals surface area contributed by atoms with Crippen LogP contribution < -0.4 is 4.90 Å². The summed E-state index contributed by atoms with van der Waals surface area (Å²) >= 11 is 0. The third-order valence-corrected chi connectivity index (χ3v) is 6.49. The lowest BCUT2D eigenvalue weighted by Crippen LogP contribution is -2.16. The molecule has 4 aromatic carbocycles. The smallest absolute Gasteiger partial charge is 0.115 e. The molecule has 1 aliphatic carbocycles. The molecule has 0 aromatic heterocycles. The molecule has 0 bridgehead atoms. The van der Waals surface area contributed by atoms with Gasteiger partial charge >= 0.3 is 0 Å². The van der Waals surface area contributed by atoms with Gasteiger partial charge in [0.25, 0.3) is 0 Å². The minimum Gasteiger partial charge on any atom is -0.508 e. The minimum absolute atomic E-state index is 0.175. The van der Waals surface area contributed by atoms with Crippen molar-refractivity contribution in [3.8, 4) is 16.9 Å². The zero-order chi connectivity index (χ0) is 21.8. The van der Waals surface area contributed by atoms with Crippen molar-refractivity contribution in [2.75, 3.05) is 4.90 Å². The Hall–Kier alpha value is -3.52. The molecule has 0 atom stereocenters. The number of fused-ring (bicyclic) bond motifs is 3. The molecule has 0 saturated heterocycles. The lowest BCUT2D eigenvalue weighted by atomic mass is 9.82. The average Bonchev–Trinajstić information content (AvgIpc) is 2.97. The maximum atomic E-state index is 10.1. The summed E-state index contributed by atoms with van der Waals surface area (Å²) in [4.78, 5) is 2.32. The normalized spacial score (nSPS) is 13.5. The van der Waals surface area contributed by atoms with E-state index in [0.717, 1.165) is 17.1 Å². The highest BCUT2D eigenvalue weighted by Crippen LogP contribution is 2.51. The highest BCUT2D eigenvalue weighted by atomic mass is 16.3. The predicted octanol–water partition coefficient (Wildman–Crippen LogP) is 7.79. The fourth-order valence-electron chi connectivity index (χ4n) is 4.69. The maximum Gasteiger partial charge on any atom is 0.115 e. The van der Waals surface area contributed by atoms with E-state index in [4.69, 9.17) is 0 Å². The zero-order valence-corrected chi connectivity index (χ0v) is 18.5. The van der Waals surface area contributed by atoms with Crippen molar-refractivity contribution in [2.45, 2.75) is 33.1 Å². The Balaban J connectivity index is 1.68. The Labute approximate surface area is 184 Å². The Morgan fingerprint density at radius 1 is 0.581 bits per heavy atom. The largest absolute Gasteiger partial charge is 0.508 e. The summed E-state index contributed by atoms with van der Waals surface area (Å²) in [6.07, 6.45) is 0. The zero-order valence-electron chi connectivity index (χ0n) is 18.5. The van der Waals surface area contributed by atoms with Crippen molar-refractivity contribution >= 4 is 17.1 Å². The monoisotopic (exact) mass is 405 g/mol. The van der Waals surface area contributed by atoms with Crippen LogP contribution in [0.5, 0.6) is 5.75 Å². The van der Waals surface area contributed by atoms with Crippen LogP contribution in [0.25, 0.3) is 11.1 Å². The number of rotatable bonds is 3. The minimum atomic E-state index is -0.175. The van der Waals surface area contributed by atoms with Gasteiger partial charge in [0.05, 0.1) is 0 Å². The summed E-state index contributed by atoms with van der Waals surface area (Å²) < 4.78 is 0. The van der Waals surface area contributed by atoms with Crippen molar-refractivity contribution in [2.24, 2.45) is 0 Å². The molecule has 4 aromatic rings. The van der Waals surface area contributed by atoms with Crippen molar-refractivity contribution < 1.29 is 5.11 Å². The van der Waals surface area contributed by atoms with Gasteiger partial charge in [-0.3, -0.25) is 0 Å². The first kappa shape index (κ1) is 19.4. The SMILES string of the molecule is Cc1ccc(N(c2ccc(C)cc2)c2ccc3c(c2)C(C)(C)c2cc(O)ccc2-3)cc1. The number of hydrogen-bond donors (Lipinski definition) is 1. The summed E-state index contributed by atoms with van der Waals surface area (Å²) in [6, 6.07) is 29.8. The second-order valence-corrected chi connectivity index (χ2v) is 9.09. The molecular weight excluding hydrogens is 378 g/mol. The predicted molar refractivity (Wildman–Crippen MR) is 130 cm³/mol. The van der Waals surface area contributed by atoms with E-state index in [1.54, 1.807) is 6.07 Å². The molecule has 0 fully saturated rings. The van der Waals surface area contributed by atoms with E-state index in [-0.39, 0.29) is 5.41 Å². The van der Waals surface area contributed by atoms with Crippen LogP contribution >= 0.6 is 0 Å². The summed E-state index contributed by atoms with van der Waals surface area (Å²) in [5.74, 6) is 0.320. The quantitative estimate of drug-likeness (QED) is 0.376. The van der Waals surface area contributed by atoms with Gasteiger partial charge < -0.3 is 10.0 Å². The van der Waals surface area contributed by atoms with Crippen LogP contribution in [0.4, 0.5) is 17.1 Å². The first-order chi connectivity index (χ1) is 14.8. The molecule has 0 aliphatic heterocycles. The van der Waals surface area contributed by atoms with Crippen LogP contribution in [-0.2, 0) is 5.41 Å². The van der Waals surface area contributed by atoms with Gasteiger partial charge in [-0.05, 0) is 84.6 Å². The van der Waals surface area contributed by atoms with Crippen molar-refractivity contribution in [1.82, 2.24) is 0 Å². The molecule has 2 heteroatoms. The van der Waals surface area contributed by atoms with E-state index in [0.29, 0.717) is 5.75 Å². The molecule has 0 spiro atoms. The van der Waals surface area contributed by atoms with Crippen LogP contribution in [0.15, 0.2) is 84.9 Å². The topological polar surface area (TPSA) is 23.5 Å². The number of phenols is 1. The number of hydrogen-bond acceptors (Lipinski definition) is 2. The van der Waals surface area contributed by atoms with Crippen LogP contribution in [0.3, 0.4) is 0 Å². The molecule has 31 heavy (non-hydrogen) atoms. The van der Waals surface area contributed by atoms with Gasteiger partial charge in [0.2, 0.25) is 0 Å². The first-order valence-corrected chi connectivity index (χ1v) is 10.8. The lowest BCUT2D eigenvalue weighted by Gasteiger charge is -2.28. The molecular formula is C29H27NO. The highest BCUT2D eigenvalue weighted by Gasteiger charge is 2.36. The second kappa shape index (κ2) is 7.02. The number of anilines is 3. The standard InChI is InChI=1S/C29H27NO/c1-19-5-9-21(10-6-19)30(22-11-7-20(2)8-12-22)23-13-15-25-26-16-14-24(31)18-28(26)29(3,4)27(25)17-23/h5-18,31H,1-4H3. The van der Waals surface area contributed by atoms with Gasteiger partial charge in [0.1, 0.15) is 5.75 Å². The van der Waals surface area contributed by atoms with Gasteiger partial charge in [0, 0.05) is 22.5 Å². The maximum absolute atomic E-state index is 10.1. The summed E-state index contributed by atoms with van der Waals surface area (Å²) in [5.41, 5.74) is 10.7. The first-order valence-electron chi connectivity index (χ1n) is 10.8. The average molecular weight is 406 g/mol. The van der Waals surface area contributed by atoms with E-state index in [2.05, 4.69) is 99.3 Å². The molecule has 2 nitrogen and oxygen atoms in total. The van der Waals surface area contributed by atoms with Crippen LogP contribution in [-0.4, -0.2) is 5.11 Å².